The Morgan fingerprint density at radius 1 is 1.22 bits per heavy atom. The molecule has 1 aromatic carbocycles. The number of halogens is 4. The van der Waals surface area contributed by atoms with E-state index in [0.29, 0.717) is 0 Å². The van der Waals surface area contributed by atoms with E-state index in [1.54, 1.807) is 0 Å². The Hall–Kier alpha value is -1.35. The minimum Gasteiger partial charge on any atom is -0.490 e. The summed E-state index contributed by atoms with van der Waals surface area (Å²) in [5, 5.41) is 9.73. The van der Waals surface area contributed by atoms with Gasteiger partial charge in [0.15, 0.2) is 16.0 Å². The summed E-state index contributed by atoms with van der Waals surface area (Å²) in [6.45, 7) is 0. The fourth-order valence-electron chi connectivity index (χ4n) is 2.87. The molecule has 2 aliphatic carbocycles. The second kappa shape index (κ2) is 5.07. The van der Waals surface area contributed by atoms with Crippen LogP contribution in [0.1, 0.15) is 36.2 Å². The van der Waals surface area contributed by atoms with Crippen LogP contribution < -0.4 is 4.74 Å². The van der Waals surface area contributed by atoms with Crippen molar-refractivity contribution in [3.63, 3.8) is 0 Å². The van der Waals surface area contributed by atoms with Crippen LogP contribution in [0, 0.1) is 0 Å². The van der Waals surface area contributed by atoms with Crippen LogP contribution in [0.25, 0.3) is 0 Å². The largest absolute Gasteiger partial charge is 0.490 e. The van der Waals surface area contributed by atoms with E-state index in [-0.39, 0.29) is 18.6 Å². The summed E-state index contributed by atoms with van der Waals surface area (Å²) in [5.74, 6) is -4.45. The molecule has 0 aliphatic heterocycles. The van der Waals surface area contributed by atoms with Gasteiger partial charge in [-0.05, 0) is 12.1 Å². The van der Waals surface area contributed by atoms with E-state index in [9.17, 15) is 31.1 Å². The number of alkyl halides is 4. The van der Waals surface area contributed by atoms with Crippen LogP contribution >= 0.6 is 0 Å². The molecule has 9 heteroatoms. The van der Waals surface area contributed by atoms with Crippen molar-refractivity contribution in [2.45, 2.75) is 48.2 Å². The summed E-state index contributed by atoms with van der Waals surface area (Å²) in [5.41, 5.74) is -1.36. The topological polar surface area (TPSA) is 63.6 Å². The summed E-state index contributed by atoms with van der Waals surface area (Å²) in [6, 6.07) is 2.06. The Kier molecular flexibility index (Phi) is 3.64. The number of aliphatic hydroxyl groups excluding tert-OH is 1. The molecule has 1 aromatic rings. The second-order valence-corrected chi connectivity index (χ2v) is 7.89. The lowest BCUT2D eigenvalue weighted by Crippen LogP contribution is -2.35. The van der Waals surface area contributed by atoms with Gasteiger partial charge in [0.2, 0.25) is 0 Å². The van der Waals surface area contributed by atoms with Gasteiger partial charge in [0, 0.05) is 30.2 Å². The lowest BCUT2D eigenvalue weighted by Gasteiger charge is -2.31. The first-order chi connectivity index (χ1) is 10.5. The lowest BCUT2D eigenvalue weighted by molar-refractivity contribution is -0.144. The van der Waals surface area contributed by atoms with Crippen molar-refractivity contribution in [3.8, 4) is 5.75 Å². The zero-order valence-electron chi connectivity index (χ0n) is 12.0. The van der Waals surface area contributed by atoms with Crippen LogP contribution in [0.2, 0.25) is 0 Å². The number of rotatable bonds is 3. The van der Waals surface area contributed by atoms with Crippen LogP contribution in [0.15, 0.2) is 17.0 Å². The van der Waals surface area contributed by atoms with Gasteiger partial charge in [0.1, 0.15) is 24.1 Å². The van der Waals surface area contributed by atoms with Crippen LogP contribution in [-0.4, -0.2) is 38.0 Å². The van der Waals surface area contributed by atoms with E-state index in [0.717, 1.165) is 18.4 Å². The van der Waals surface area contributed by atoms with Crippen molar-refractivity contribution in [2.75, 3.05) is 6.26 Å². The maximum Gasteiger partial charge on any atom is 0.312 e. The highest BCUT2D eigenvalue weighted by Gasteiger charge is 2.59. The third kappa shape index (κ3) is 2.50. The highest BCUT2D eigenvalue weighted by molar-refractivity contribution is 7.90. The Balaban J connectivity index is 2.12. The number of hydrogen-bond donors (Lipinski definition) is 1. The van der Waals surface area contributed by atoms with Crippen molar-refractivity contribution >= 4 is 9.84 Å². The highest BCUT2D eigenvalue weighted by atomic mass is 32.2. The number of aliphatic hydroxyl groups is 1. The third-order valence-electron chi connectivity index (χ3n) is 4.17. The molecule has 4 nitrogen and oxygen atoms in total. The Morgan fingerprint density at radius 3 is 2.35 bits per heavy atom. The molecule has 1 fully saturated rings. The Labute approximate surface area is 130 Å². The van der Waals surface area contributed by atoms with Crippen molar-refractivity contribution in [3.05, 3.63) is 23.3 Å². The molecule has 0 unspecified atom stereocenters. The van der Waals surface area contributed by atoms with Gasteiger partial charge in [-0.1, -0.05) is 0 Å². The normalized spacial score (nSPS) is 32.3. The molecular weight excluding hydrogens is 340 g/mol. The average molecular weight is 354 g/mol. The fourth-order valence-corrected chi connectivity index (χ4v) is 3.80. The predicted octanol–water partition coefficient (Wildman–Crippen LogP) is 2.66. The maximum absolute atomic E-state index is 14.2. The van der Waals surface area contributed by atoms with Gasteiger partial charge >= 0.3 is 5.92 Å². The van der Waals surface area contributed by atoms with Crippen molar-refractivity contribution < 1.29 is 35.8 Å². The summed E-state index contributed by atoms with van der Waals surface area (Å²) < 4.78 is 83.4. The Morgan fingerprint density at radius 2 is 1.83 bits per heavy atom. The van der Waals surface area contributed by atoms with Crippen LogP contribution in [0.4, 0.5) is 17.6 Å². The minimum atomic E-state index is -4.16. The molecule has 23 heavy (non-hydrogen) atoms. The molecule has 0 heterocycles. The number of fused-ring (bicyclic) bond motifs is 1. The molecule has 0 saturated heterocycles. The monoisotopic (exact) mass is 354 g/mol. The zero-order chi connectivity index (χ0) is 17.2. The molecule has 0 radical (unpaired) electrons. The van der Waals surface area contributed by atoms with Crippen LogP contribution in [-0.2, 0) is 9.84 Å². The number of ether oxygens (including phenoxy) is 1. The summed E-state index contributed by atoms with van der Waals surface area (Å²) in [6.07, 6.45) is -6.24. The zero-order valence-corrected chi connectivity index (χ0v) is 12.8. The quantitative estimate of drug-likeness (QED) is 0.848. The molecule has 0 aromatic heterocycles. The fraction of sp³-hybridized carbons (Fsp3) is 0.571. The van der Waals surface area contributed by atoms with Gasteiger partial charge in [-0.15, -0.1) is 0 Å². The third-order valence-corrected chi connectivity index (χ3v) is 5.32. The first-order valence-corrected chi connectivity index (χ1v) is 8.80. The molecule has 2 aliphatic rings. The van der Waals surface area contributed by atoms with Crippen molar-refractivity contribution in [1.29, 1.82) is 0 Å². The first-order valence-electron chi connectivity index (χ1n) is 6.91. The molecule has 1 N–H and O–H groups in total. The van der Waals surface area contributed by atoms with Gasteiger partial charge in [0.25, 0.3) is 0 Å². The maximum atomic E-state index is 14.2. The average Bonchev–Trinajstić information content (AvgIpc) is 2.58. The molecule has 0 spiro atoms. The second-order valence-electron chi connectivity index (χ2n) is 5.91. The molecular formula is C14H14F4O4S. The smallest absolute Gasteiger partial charge is 0.312 e. The van der Waals surface area contributed by atoms with Crippen molar-refractivity contribution in [1.82, 2.24) is 0 Å². The molecule has 0 bridgehead atoms. The number of sulfone groups is 1. The lowest BCUT2D eigenvalue weighted by atomic mass is 9.93. The van der Waals surface area contributed by atoms with E-state index >= 15 is 0 Å². The van der Waals surface area contributed by atoms with E-state index in [1.807, 2.05) is 0 Å². The number of benzene rings is 1. The summed E-state index contributed by atoms with van der Waals surface area (Å²) >= 11 is 0. The number of hydrogen-bond acceptors (Lipinski definition) is 4. The van der Waals surface area contributed by atoms with Gasteiger partial charge < -0.3 is 9.84 Å². The van der Waals surface area contributed by atoms with Gasteiger partial charge in [-0.2, -0.15) is 8.78 Å². The van der Waals surface area contributed by atoms with Gasteiger partial charge in [0.05, 0.1) is 4.90 Å². The van der Waals surface area contributed by atoms with E-state index < -0.39 is 56.3 Å². The molecule has 1 saturated carbocycles. The van der Waals surface area contributed by atoms with Gasteiger partial charge in [-0.3, -0.25) is 0 Å². The van der Waals surface area contributed by atoms with Crippen molar-refractivity contribution in [2.24, 2.45) is 0 Å². The van der Waals surface area contributed by atoms with Crippen LogP contribution in [0.3, 0.4) is 0 Å². The molecule has 128 valence electrons. The minimum absolute atomic E-state index is 0.0541. The Bertz CT molecular complexity index is 743. The van der Waals surface area contributed by atoms with Crippen LogP contribution in [0.5, 0.6) is 5.75 Å². The molecule has 0 amide bonds. The predicted molar refractivity (Wildman–Crippen MR) is 71.9 cm³/mol. The van der Waals surface area contributed by atoms with Gasteiger partial charge in [-0.25, -0.2) is 17.2 Å². The first kappa shape index (κ1) is 16.5. The standard InChI is InChI=1S/C14H14F4O4S/c1-23(20,21)9-3-2-8(22-7-4-6(15)5-7)10-11(9)13(19)14(17,18)12(10)16/h2-3,6-7,12-13,19H,4-5H2,1H3/t6-,7-,12-,13-/m0/s1. The highest BCUT2D eigenvalue weighted by Crippen LogP contribution is 2.57. The van der Waals surface area contributed by atoms with E-state index in [4.69, 9.17) is 4.74 Å². The van der Waals surface area contributed by atoms with E-state index in [2.05, 4.69) is 0 Å². The van der Waals surface area contributed by atoms with E-state index in [1.165, 1.54) is 0 Å². The summed E-state index contributed by atoms with van der Waals surface area (Å²) in [7, 11) is -3.96. The molecule has 2 atom stereocenters. The SMILES string of the molecule is CS(=O)(=O)c1ccc(O[C@H]2C[C@H](F)C2)c2c1[C@H](O)C(F)(F)[C@H]2F. The summed E-state index contributed by atoms with van der Waals surface area (Å²) in [4.78, 5) is -0.566. The molecule has 3 rings (SSSR count).